The predicted octanol–water partition coefficient (Wildman–Crippen LogP) is 3.42. The van der Waals surface area contributed by atoms with Crippen molar-refractivity contribution in [2.45, 2.75) is 29.9 Å². The molecule has 3 nitrogen and oxygen atoms in total. The lowest BCUT2D eigenvalue weighted by Crippen LogP contribution is -2.33. The molecule has 0 aliphatic rings. The molecule has 1 unspecified atom stereocenters. The van der Waals surface area contributed by atoms with E-state index in [1.807, 2.05) is 6.92 Å². The van der Waals surface area contributed by atoms with Crippen LogP contribution in [0.1, 0.15) is 6.92 Å². The highest BCUT2D eigenvalue weighted by molar-refractivity contribution is 7.99. The van der Waals surface area contributed by atoms with Crippen LogP contribution in [0, 0.1) is 0 Å². The van der Waals surface area contributed by atoms with E-state index in [-0.39, 0.29) is 6.04 Å². The first-order valence-electron chi connectivity index (χ1n) is 5.44. The smallest absolute Gasteiger partial charge is 0.288 e. The number of para-hydroxylation sites is 1. The molecule has 0 aliphatic heterocycles. The number of benzene rings is 1. The van der Waals surface area contributed by atoms with Crippen LogP contribution in [0.4, 0.5) is 14.5 Å². The molecule has 0 amide bonds. The Morgan fingerprint density at radius 1 is 1.17 bits per heavy atom. The van der Waals surface area contributed by atoms with Gasteiger partial charge in [-0.3, -0.25) is 0 Å². The number of halogens is 2. The minimum absolute atomic E-state index is 0.153. The van der Waals surface area contributed by atoms with Crippen LogP contribution < -0.4 is 5.32 Å². The highest BCUT2D eigenvalue weighted by Crippen LogP contribution is 2.32. The summed E-state index contributed by atoms with van der Waals surface area (Å²) in [5.41, 5.74) is 0.648. The van der Waals surface area contributed by atoms with Crippen LogP contribution in [0.3, 0.4) is 0 Å². The fourth-order valence-corrected chi connectivity index (χ4v) is 2.21. The third-order valence-electron chi connectivity index (χ3n) is 2.36. The zero-order valence-corrected chi connectivity index (χ0v) is 11.3. The zero-order chi connectivity index (χ0) is 13.5. The highest BCUT2D eigenvalue weighted by atomic mass is 32.2. The van der Waals surface area contributed by atoms with Crippen molar-refractivity contribution in [3.8, 4) is 0 Å². The predicted molar refractivity (Wildman–Crippen MR) is 69.2 cm³/mol. The Labute approximate surface area is 110 Å². The van der Waals surface area contributed by atoms with Crippen LogP contribution in [-0.2, 0) is 9.47 Å². The van der Waals surface area contributed by atoms with E-state index >= 15 is 0 Å². The Bertz CT molecular complexity index is 362. The summed E-state index contributed by atoms with van der Waals surface area (Å²) in [4.78, 5) is 0.505. The van der Waals surface area contributed by atoms with E-state index in [1.54, 1.807) is 24.3 Å². The third-order valence-corrected chi connectivity index (χ3v) is 3.15. The molecular weight excluding hydrogens is 260 g/mol. The second-order valence-corrected chi connectivity index (χ2v) is 4.68. The Balaban J connectivity index is 2.77. The van der Waals surface area contributed by atoms with Gasteiger partial charge in [0.2, 0.25) is 0 Å². The Hall–Kier alpha value is -0.850. The molecule has 0 bridgehead atoms. The minimum atomic E-state index is -2.44. The number of rotatable bonds is 7. The van der Waals surface area contributed by atoms with Gasteiger partial charge in [-0.15, -0.1) is 0 Å². The number of thioether (sulfide) groups is 1. The number of alkyl halides is 2. The van der Waals surface area contributed by atoms with Crippen LogP contribution in [0.15, 0.2) is 29.2 Å². The summed E-state index contributed by atoms with van der Waals surface area (Å²) in [6, 6.07) is 6.77. The molecular formula is C12H17F2NO2S. The molecule has 0 aliphatic carbocycles. The monoisotopic (exact) mass is 277 g/mol. The topological polar surface area (TPSA) is 30.5 Å². The van der Waals surface area contributed by atoms with Crippen molar-refractivity contribution in [1.29, 1.82) is 0 Å². The summed E-state index contributed by atoms with van der Waals surface area (Å²) in [6.07, 6.45) is -0.436. The summed E-state index contributed by atoms with van der Waals surface area (Å²) < 4.78 is 35.1. The molecule has 0 heterocycles. The van der Waals surface area contributed by atoms with Crippen molar-refractivity contribution < 1.29 is 18.3 Å². The van der Waals surface area contributed by atoms with Crippen LogP contribution in [0.5, 0.6) is 0 Å². The second-order valence-electron chi connectivity index (χ2n) is 3.65. The fraction of sp³-hybridized carbons (Fsp3) is 0.500. The third kappa shape index (κ3) is 4.44. The van der Waals surface area contributed by atoms with Gasteiger partial charge in [0, 0.05) is 24.8 Å². The zero-order valence-electron chi connectivity index (χ0n) is 10.5. The van der Waals surface area contributed by atoms with Crippen molar-refractivity contribution >= 4 is 17.4 Å². The Morgan fingerprint density at radius 2 is 1.78 bits per heavy atom. The summed E-state index contributed by atoms with van der Waals surface area (Å²) in [5.74, 6) is -2.44. The standard InChI is InChI=1S/C12H17F2NO2S/c1-8(11(16-2)17-3)15-9-6-4-5-7-10(9)18-12(13)14/h4-8,11-12,15H,1-3H3. The van der Waals surface area contributed by atoms with Gasteiger partial charge in [0.1, 0.15) is 0 Å². The van der Waals surface area contributed by atoms with E-state index < -0.39 is 12.0 Å². The van der Waals surface area contributed by atoms with E-state index in [1.165, 1.54) is 14.2 Å². The van der Waals surface area contributed by atoms with Gasteiger partial charge in [-0.05, 0) is 19.1 Å². The quantitative estimate of drug-likeness (QED) is 0.611. The first-order valence-corrected chi connectivity index (χ1v) is 6.32. The van der Waals surface area contributed by atoms with Gasteiger partial charge < -0.3 is 14.8 Å². The molecule has 0 aromatic heterocycles. The maximum atomic E-state index is 12.4. The van der Waals surface area contributed by atoms with Gasteiger partial charge in [0.25, 0.3) is 5.76 Å². The largest absolute Gasteiger partial charge is 0.377 e. The van der Waals surface area contributed by atoms with Crippen molar-refractivity contribution in [3.63, 3.8) is 0 Å². The molecule has 0 fully saturated rings. The van der Waals surface area contributed by atoms with E-state index in [0.29, 0.717) is 22.3 Å². The van der Waals surface area contributed by atoms with Crippen molar-refractivity contribution in [2.75, 3.05) is 19.5 Å². The van der Waals surface area contributed by atoms with Gasteiger partial charge in [0.05, 0.1) is 6.04 Å². The minimum Gasteiger partial charge on any atom is -0.377 e. The van der Waals surface area contributed by atoms with E-state index in [9.17, 15) is 8.78 Å². The number of hydrogen-bond donors (Lipinski definition) is 1. The fourth-order valence-electron chi connectivity index (χ4n) is 1.60. The lowest BCUT2D eigenvalue weighted by atomic mass is 10.2. The molecule has 0 saturated carbocycles. The van der Waals surface area contributed by atoms with Crippen molar-refractivity contribution in [2.24, 2.45) is 0 Å². The maximum Gasteiger partial charge on any atom is 0.288 e. The summed E-state index contributed by atoms with van der Waals surface area (Å²) in [6.45, 7) is 1.86. The van der Waals surface area contributed by atoms with Gasteiger partial charge in [-0.2, -0.15) is 8.78 Å². The Kier molecular flexibility index (Phi) is 6.38. The lowest BCUT2D eigenvalue weighted by Gasteiger charge is -2.24. The average Bonchev–Trinajstić information content (AvgIpc) is 2.32. The van der Waals surface area contributed by atoms with E-state index in [2.05, 4.69) is 5.32 Å². The number of methoxy groups -OCH3 is 2. The molecule has 1 rings (SSSR count). The number of ether oxygens (including phenoxy) is 2. The summed E-state index contributed by atoms with van der Waals surface area (Å²) >= 11 is 0.516. The first-order chi connectivity index (χ1) is 8.58. The van der Waals surface area contributed by atoms with Crippen LogP contribution in [0.2, 0.25) is 0 Å². The molecule has 1 N–H and O–H groups in total. The SMILES string of the molecule is COC(OC)C(C)Nc1ccccc1SC(F)F. The molecule has 102 valence electrons. The lowest BCUT2D eigenvalue weighted by molar-refractivity contribution is -0.109. The van der Waals surface area contributed by atoms with Gasteiger partial charge in [0.15, 0.2) is 6.29 Å². The van der Waals surface area contributed by atoms with Crippen molar-refractivity contribution in [1.82, 2.24) is 0 Å². The molecule has 0 saturated heterocycles. The second kappa shape index (κ2) is 7.56. The van der Waals surface area contributed by atoms with Crippen LogP contribution >= 0.6 is 11.8 Å². The van der Waals surface area contributed by atoms with E-state index in [0.717, 1.165) is 0 Å². The highest BCUT2D eigenvalue weighted by Gasteiger charge is 2.17. The molecule has 6 heteroatoms. The average molecular weight is 277 g/mol. The van der Waals surface area contributed by atoms with Crippen LogP contribution in [-0.4, -0.2) is 32.3 Å². The first kappa shape index (κ1) is 15.2. The molecule has 18 heavy (non-hydrogen) atoms. The van der Waals surface area contributed by atoms with E-state index in [4.69, 9.17) is 9.47 Å². The van der Waals surface area contributed by atoms with Crippen molar-refractivity contribution in [3.05, 3.63) is 24.3 Å². The number of anilines is 1. The molecule has 1 atom stereocenters. The van der Waals surface area contributed by atoms with Crippen LogP contribution in [0.25, 0.3) is 0 Å². The van der Waals surface area contributed by atoms with Gasteiger partial charge in [-0.1, -0.05) is 23.9 Å². The normalized spacial score (nSPS) is 13.1. The van der Waals surface area contributed by atoms with Gasteiger partial charge in [-0.25, -0.2) is 0 Å². The maximum absolute atomic E-state index is 12.4. The molecule has 0 radical (unpaired) electrons. The number of hydrogen-bond acceptors (Lipinski definition) is 4. The summed E-state index contributed by atoms with van der Waals surface area (Å²) in [7, 11) is 3.07. The molecule has 1 aromatic carbocycles. The summed E-state index contributed by atoms with van der Waals surface area (Å²) in [5, 5.41) is 3.11. The molecule has 0 spiro atoms. The molecule has 1 aromatic rings. The Morgan fingerprint density at radius 3 is 2.33 bits per heavy atom. The van der Waals surface area contributed by atoms with Gasteiger partial charge >= 0.3 is 0 Å². The number of nitrogens with one attached hydrogen (secondary N) is 1.